The molecule has 0 fully saturated rings. The van der Waals surface area contributed by atoms with Crippen molar-refractivity contribution in [1.82, 2.24) is 5.43 Å². The van der Waals surface area contributed by atoms with E-state index in [1.165, 1.54) is 6.21 Å². The maximum absolute atomic E-state index is 12.9. The van der Waals surface area contributed by atoms with Crippen LogP contribution in [0.1, 0.15) is 22.6 Å². The summed E-state index contributed by atoms with van der Waals surface area (Å²) in [5.41, 5.74) is 4.87. The molecule has 1 amide bonds. The van der Waals surface area contributed by atoms with E-state index in [-0.39, 0.29) is 5.91 Å². The highest BCUT2D eigenvalue weighted by atomic mass is 35.5. The number of benzene rings is 3. The molecule has 1 aliphatic heterocycles. The lowest BCUT2D eigenvalue weighted by Crippen LogP contribution is -2.28. The summed E-state index contributed by atoms with van der Waals surface area (Å²) in [6.07, 6.45) is 1.49. The number of para-hydroxylation sites is 2. The molecule has 134 valence electrons. The molecule has 3 aromatic rings. The quantitative estimate of drug-likeness (QED) is 0.477. The third-order valence-electron chi connectivity index (χ3n) is 4.28. The lowest BCUT2D eigenvalue weighted by atomic mass is 9.87. The van der Waals surface area contributed by atoms with Crippen molar-refractivity contribution >= 4 is 35.3 Å². The molecular weight excluding hydrogens is 383 g/mol. The number of amides is 1. The van der Waals surface area contributed by atoms with E-state index in [1.54, 1.807) is 18.2 Å². The standard InChI is InChI=1S/C21H14Cl2N2O2/c22-14-10-9-13(17(23)11-14)12-24-25-21(26)20-15-5-1-3-7-18(15)27-19-8-4-2-6-16(19)20/h1-12,20H,(H,25,26). The summed E-state index contributed by atoms with van der Waals surface area (Å²) < 4.78 is 5.91. The van der Waals surface area contributed by atoms with Gasteiger partial charge in [-0.25, -0.2) is 5.43 Å². The van der Waals surface area contributed by atoms with E-state index in [2.05, 4.69) is 10.5 Å². The second-order valence-electron chi connectivity index (χ2n) is 6.01. The average Bonchev–Trinajstić information content (AvgIpc) is 2.67. The first-order valence-electron chi connectivity index (χ1n) is 8.27. The summed E-state index contributed by atoms with van der Waals surface area (Å²) in [6, 6.07) is 20.1. The Morgan fingerprint density at radius 1 is 0.963 bits per heavy atom. The Labute approximate surface area is 166 Å². The van der Waals surface area contributed by atoms with E-state index in [1.807, 2.05) is 48.5 Å². The zero-order valence-electron chi connectivity index (χ0n) is 14.0. The fraction of sp³-hybridized carbons (Fsp3) is 0.0476. The molecule has 0 atom stereocenters. The summed E-state index contributed by atoms with van der Waals surface area (Å²) in [5, 5.41) is 5.06. The van der Waals surface area contributed by atoms with Crippen molar-refractivity contribution in [3.8, 4) is 11.5 Å². The third-order valence-corrected chi connectivity index (χ3v) is 4.85. The Morgan fingerprint density at radius 3 is 2.22 bits per heavy atom. The molecule has 0 unspecified atom stereocenters. The summed E-state index contributed by atoms with van der Waals surface area (Å²) in [5.74, 6) is 0.575. The number of nitrogens with zero attached hydrogens (tertiary/aromatic N) is 1. The number of hydrogen-bond acceptors (Lipinski definition) is 3. The Kier molecular flexibility index (Phi) is 4.84. The van der Waals surface area contributed by atoms with Gasteiger partial charge in [-0.3, -0.25) is 4.79 Å². The molecule has 4 nitrogen and oxygen atoms in total. The molecule has 3 aromatic carbocycles. The summed E-state index contributed by atoms with van der Waals surface area (Å²) >= 11 is 12.0. The number of nitrogens with one attached hydrogen (secondary N) is 1. The number of hydrogen-bond donors (Lipinski definition) is 1. The van der Waals surface area contributed by atoms with Crippen molar-refractivity contribution in [2.24, 2.45) is 5.10 Å². The van der Waals surface area contributed by atoms with Gasteiger partial charge in [-0.1, -0.05) is 65.7 Å². The fourth-order valence-corrected chi connectivity index (χ4v) is 3.49. The van der Waals surface area contributed by atoms with Crippen LogP contribution >= 0.6 is 23.2 Å². The maximum Gasteiger partial charge on any atom is 0.252 e. The van der Waals surface area contributed by atoms with Gasteiger partial charge in [0.2, 0.25) is 0 Å². The molecule has 0 saturated carbocycles. The number of rotatable bonds is 3. The van der Waals surface area contributed by atoms with Crippen LogP contribution in [0.5, 0.6) is 11.5 Å². The van der Waals surface area contributed by atoms with Gasteiger partial charge in [-0.2, -0.15) is 5.10 Å². The van der Waals surface area contributed by atoms with Crippen molar-refractivity contribution in [2.75, 3.05) is 0 Å². The molecule has 0 aromatic heterocycles. The van der Waals surface area contributed by atoms with E-state index < -0.39 is 5.92 Å². The molecule has 0 bridgehead atoms. The average molecular weight is 397 g/mol. The van der Waals surface area contributed by atoms with E-state index in [9.17, 15) is 4.79 Å². The number of carbonyl (C=O) groups excluding carboxylic acids is 1. The molecule has 0 saturated heterocycles. The summed E-state index contributed by atoms with van der Waals surface area (Å²) in [4.78, 5) is 12.9. The molecule has 1 N–H and O–H groups in total. The lowest BCUT2D eigenvalue weighted by Gasteiger charge is -2.26. The number of ether oxygens (including phenoxy) is 1. The summed E-state index contributed by atoms with van der Waals surface area (Å²) in [6.45, 7) is 0. The molecule has 4 rings (SSSR count). The van der Waals surface area contributed by atoms with Crippen LogP contribution in [0, 0.1) is 0 Å². The highest BCUT2D eigenvalue weighted by molar-refractivity contribution is 6.36. The number of carbonyl (C=O) groups is 1. The third kappa shape index (κ3) is 3.54. The first-order chi connectivity index (χ1) is 13.1. The first-order valence-corrected chi connectivity index (χ1v) is 9.03. The van der Waals surface area contributed by atoms with Crippen LogP contribution in [0.2, 0.25) is 10.0 Å². The Hall–Kier alpha value is -2.82. The molecule has 1 aliphatic rings. The van der Waals surface area contributed by atoms with E-state index in [0.717, 1.165) is 11.1 Å². The minimum atomic E-state index is -0.510. The van der Waals surface area contributed by atoms with Crippen molar-refractivity contribution in [3.63, 3.8) is 0 Å². The first kappa shape index (κ1) is 17.6. The SMILES string of the molecule is O=C(NN=Cc1ccc(Cl)cc1Cl)C1c2ccccc2Oc2ccccc21. The van der Waals surface area contributed by atoms with Gasteiger partial charge >= 0.3 is 0 Å². The monoisotopic (exact) mass is 396 g/mol. The number of halogens is 2. The van der Waals surface area contributed by atoms with Gasteiger partial charge < -0.3 is 4.74 Å². The Bertz CT molecular complexity index is 1000. The van der Waals surface area contributed by atoms with Crippen molar-refractivity contribution in [2.45, 2.75) is 5.92 Å². The van der Waals surface area contributed by atoms with E-state index in [4.69, 9.17) is 27.9 Å². The normalized spacial score (nSPS) is 13.0. The molecule has 0 spiro atoms. The van der Waals surface area contributed by atoms with E-state index in [0.29, 0.717) is 27.1 Å². The van der Waals surface area contributed by atoms with Gasteiger partial charge in [0.15, 0.2) is 0 Å². The van der Waals surface area contributed by atoms with Crippen molar-refractivity contribution < 1.29 is 9.53 Å². The van der Waals surface area contributed by atoms with Crippen LogP contribution in [-0.2, 0) is 4.79 Å². The number of hydrazone groups is 1. The van der Waals surface area contributed by atoms with Gasteiger partial charge in [0.25, 0.3) is 5.91 Å². The van der Waals surface area contributed by atoms with E-state index >= 15 is 0 Å². The molecule has 0 aliphatic carbocycles. The second-order valence-corrected chi connectivity index (χ2v) is 6.85. The molecule has 1 heterocycles. The topological polar surface area (TPSA) is 50.7 Å². The smallest absolute Gasteiger partial charge is 0.252 e. The fourth-order valence-electron chi connectivity index (χ4n) is 3.03. The zero-order chi connectivity index (χ0) is 18.8. The van der Waals surface area contributed by atoms with Crippen LogP contribution in [0.4, 0.5) is 0 Å². The van der Waals surface area contributed by atoms with Crippen LogP contribution in [0.15, 0.2) is 71.8 Å². The van der Waals surface area contributed by atoms with Crippen molar-refractivity contribution in [3.05, 3.63) is 93.5 Å². The van der Waals surface area contributed by atoms with Gasteiger partial charge in [-0.05, 0) is 24.3 Å². The van der Waals surface area contributed by atoms with Gasteiger partial charge in [0, 0.05) is 21.7 Å². The second kappa shape index (κ2) is 7.43. The zero-order valence-corrected chi connectivity index (χ0v) is 15.5. The maximum atomic E-state index is 12.9. The van der Waals surface area contributed by atoms with Gasteiger partial charge in [0.05, 0.1) is 17.2 Å². The van der Waals surface area contributed by atoms with Crippen LogP contribution < -0.4 is 10.2 Å². The predicted octanol–water partition coefficient (Wildman–Crippen LogP) is 5.38. The van der Waals surface area contributed by atoms with Crippen molar-refractivity contribution in [1.29, 1.82) is 0 Å². The Morgan fingerprint density at radius 2 is 1.59 bits per heavy atom. The molecular formula is C21H14Cl2N2O2. The van der Waals surface area contributed by atoms with Crippen LogP contribution in [0.3, 0.4) is 0 Å². The number of fused-ring (bicyclic) bond motifs is 2. The van der Waals surface area contributed by atoms with Crippen LogP contribution in [-0.4, -0.2) is 12.1 Å². The Balaban J connectivity index is 1.61. The van der Waals surface area contributed by atoms with Crippen LogP contribution in [0.25, 0.3) is 0 Å². The highest BCUT2D eigenvalue weighted by Crippen LogP contribution is 2.43. The highest BCUT2D eigenvalue weighted by Gasteiger charge is 2.32. The minimum absolute atomic E-state index is 0.250. The largest absolute Gasteiger partial charge is 0.457 e. The molecule has 0 radical (unpaired) electrons. The minimum Gasteiger partial charge on any atom is -0.457 e. The van der Waals surface area contributed by atoms with Gasteiger partial charge in [0.1, 0.15) is 11.5 Å². The molecule has 27 heavy (non-hydrogen) atoms. The predicted molar refractivity (Wildman–Crippen MR) is 107 cm³/mol. The lowest BCUT2D eigenvalue weighted by molar-refractivity contribution is -0.121. The van der Waals surface area contributed by atoms with Gasteiger partial charge in [-0.15, -0.1) is 0 Å². The summed E-state index contributed by atoms with van der Waals surface area (Å²) in [7, 11) is 0. The molecule has 6 heteroatoms.